The SMILES string of the molecule is O=C(Nc1ccc(SC(C(=O)Nc2ccc(Cl)cc2C(F)(F)F)c2ccccc2)cc1)/C(=C/c1ccc(Br)cc1)NC(=O)c1ccccc1. The lowest BCUT2D eigenvalue weighted by Gasteiger charge is -2.20. The molecule has 0 aliphatic carbocycles. The van der Waals surface area contributed by atoms with Crippen molar-refractivity contribution in [1.29, 1.82) is 0 Å². The third kappa shape index (κ3) is 9.85. The summed E-state index contributed by atoms with van der Waals surface area (Å²) in [6, 6.07) is 34.1. The molecule has 0 bridgehead atoms. The Bertz CT molecular complexity index is 1980. The van der Waals surface area contributed by atoms with Crippen LogP contribution in [0.15, 0.2) is 142 Å². The van der Waals surface area contributed by atoms with Crippen LogP contribution in [0, 0.1) is 0 Å². The number of thioether (sulfide) groups is 1. The van der Waals surface area contributed by atoms with Crippen molar-refractivity contribution < 1.29 is 27.6 Å². The zero-order valence-corrected chi connectivity index (χ0v) is 28.5. The molecule has 5 aromatic rings. The quantitative estimate of drug-likeness (QED) is 0.0977. The lowest BCUT2D eigenvalue weighted by molar-refractivity contribution is -0.137. The predicted octanol–water partition coefficient (Wildman–Crippen LogP) is 10.0. The van der Waals surface area contributed by atoms with Crippen LogP contribution in [-0.2, 0) is 15.8 Å². The highest BCUT2D eigenvalue weighted by Gasteiger charge is 2.35. The number of nitrogens with one attached hydrogen (secondary N) is 3. The molecule has 0 aromatic heterocycles. The highest BCUT2D eigenvalue weighted by molar-refractivity contribution is 9.10. The number of rotatable bonds is 10. The molecule has 0 heterocycles. The van der Waals surface area contributed by atoms with Crippen LogP contribution in [0.4, 0.5) is 24.5 Å². The Balaban J connectivity index is 1.34. The van der Waals surface area contributed by atoms with Gasteiger partial charge in [-0.2, -0.15) is 13.2 Å². The van der Waals surface area contributed by atoms with E-state index in [2.05, 4.69) is 31.9 Å². The van der Waals surface area contributed by atoms with E-state index in [0.717, 1.165) is 28.4 Å². The van der Waals surface area contributed by atoms with E-state index in [1.807, 2.05) is 12.1 Å². The Morgan fingerprint density at radius 2 is 1.41 bits per heavy atom. The van der Waals surface area contributed by atoms with Crippen molar-refractivity contribution >= 4 is 74.5 Å². The Hall–Kier alpha value is -4.84. The Kier molecular flexibility index (Phi) is 11.6. The van der Waals surface area contributed by atoms with Crippen LogP contribution in [0.5, 0.6) is 0 Å². The van der Waals surface area contributed by atoms with Crippen molar-refractivity contribution in [3.05, 3.63) is 165 Å². The van der Waals surface area contributed by atoms with Crippen molar-refractivity contribution in [2.24, 2.45) is 0 Å². The first-order chi connectivity index (χ1) is 23.5. The van der Waals surface area contributed by atoms with Gasteiger partial charge in [0.25, 0.3) is 11.8 Å². The van der Waals surface area contributed by atoms with Gasteiger partial charge in [0.1, 0.15) is 10.9 Å². The minimum absolute atomic E-state index is 0.0101. The van der Waals surface area contributed by atoms with Crippen molar-refractivity contribution in [2.45, 2.75) is 16.3 Å². The van der Waals surface area contributed by atoms with Crippen LogP contribution in [0.2, 0.25) is 5.02 Å². The normalized spacial score (nSPS) is 12.1. The second-order valence-corrected chi connectivity index (χ2v) is 13.0. The van der Waals surface area contributed by atoms with Gasteiger partial charge in [-0.1, -0.05) is 88.2 Å². The first-order valence-electron chi connectivity index (χ1n) is 14.6. The molecule has 248 valence electrons. The van der Waals surface area contributed by atoms with Crippen LogP contribution in [0.3, 0.4) is 0 Å². The summed E-state index contributed by atoms with van der Waals surface area (Å²) < 4.78 is 42.0. The Labute approximate surface area is 297 Å². The van der Waals surface area contributed by atoms with Gasteiger partial charge in [-0.15, -0.1) is 11.8 Å². The molecule has 3 N–H and O–H groups in total. The van der Waals surface area contributed by atoms with Gasteiger partial charge in [0.05, 0.1) is 11.3 Å². The lowest BCUT2D eigenvalue weighted by atomic mass is 10.1. The van der Waals surface area contributed by atoms with Crippen molar-refractivity contribution in [3.8, 4) is 0 Å². The molecule has 5 rings (SSSR count). The van der Waals surface area contributed by atoms with Gasteiger partial charge in [0.15, 0.2) is 0 Å². The monoisotopic (exact) mass is 763 g/mol. The number of carbonyl (C=O) groups excluding carboxylic acids is 3. The summed E-state index contributed by atoms with van der Waals surface area (Å²) in [5, 5.41) is 6.87. The van der Waals surface area contributed by atoms with Crippen LogP contribution < -0.4 is 16.0 Å². The number of hydrogen-bond donors (Lipinski definition) is 3. The van der Waals surface area contributed by atoms with Gasteiger partial charge in [-0.05, 0) is 83.9 Å². The van der Waals surface area contributed by atoms with Gasteiger partial charge < -0.3 is 16.0 Å². The predicted molar refractivity (Wildman–Crippen MR) is 191 cm³/mol. The molecule has 0 fully saturated rings. The molecular weight excluding hydrogens is 739 g/mol. The number of carbonyl (C=O) groups is 3. The summed E-state index contributed by atoms with van der Waals surface area (Å²) in [4.78, 5) is 40.5. The fourth-order valence-electron chi connectivity index (χ4n) is 4.58. The first-order valence-corrected chi connectivity index (χ1v) is 16.7. The van der Waals surface area contributed by atoms with E-state index >= 15 is 0 Å². The molecule has 6 nitrogen and oxygen atoms in total. The Morgan fingerprint density at radius 1 is 0.776 bits per heavy atom. The summed E-state index contributed by atoms with van der Waals surface area (Å²) in [6.45, 7) is 0. The average molecular weight is 765 g/mol. The average Bonchev–Trinajstić information content (AvgIpc) is 3.09. The molecule has 12 heteroatoms. The molecule has 0 aliphatic rings. The van der Waals surface area contributed by atoms with Gasteiger partial charge in [-0.25, -0.2) is 0 Å². The maximum absolute atomic E-state index is 13.7. The molecule has 0 saturated heterocycles. The maximum atomic E-state index is 13.7. The first kappa shape index (κ1) is 35.5. The molecule has 49 heavy (non-hydrogen) atoms. The van der Waals surface area contributed by atoms with Crippen LogP contribution >= 0.6 is 39.3 Å². The number of hydrogen-bond acceptors (Lipinski definition) is 4. The van der Waals surface area contributed by atoms with E-state index in [4.69, 9.17) is 11.6 Å². The summed E-state index contributed by atoms with van der Waals surface area (Å²) in [6.07, 6.45) is -3.18. The summed E-state index contributed by atoms with van der Waals surface area (Å²) in [5.74, 6) is -1.70. The second kappa shape index (κ2) is 16.0. The van der Waals surface area contributed by atoms with Crippen LogP contribution in [0.1, 0.15) is 32.3 Å². The van der Waals surface area contributed by atoms with Crippen molar-refractivity contribution in [2.75, 3.05) is 10.6 Å². The van der Waals surface area contributed by atoms with Crippen molar-refractivity contribution in [3.63, 3.8) is 0 Å². The van der Waals surface area contributed by atoms with Crippen LogP contribution in [-0.4, -0.2) is 17.7 Å². The topological polar surface area (TPSA) is 87.3 Å². The summed E-state index contributed by atoms with van der Waals surface area (Å²) >= 11 is 10.3. The summed E-state index contributed by atoms with van der Waals surface area (Å²) in [7, 11) is 0. The molecule has 5 aromatic carbocycles. The molecular formula is C37H26BrClF3N3O3S. The van der Waals surface area contributed by atoms with E-state index in [-0.39, 0.29) is 10.7 Å². The fourth-order valence-corrected chi connectivity index (χ4v) is 6.04. The summed E-state index contributed by atoms with van der Waals surface area (Å²) in [5.41, 5.74) is 0.576. The van der Waals surface area contributed by atoms with Gasteiger partial charge in [0.2, 0.25) is 5.91 Å². The van der Waals surface area contributed by atoms with E-state index in [1.54, 1.807) is 103 Å². The molecule has 0 radical (unpaired) electrons. The molecule has 3 amide bonds. The van der Waals surface area contributed by atoms with Gasteiger partial charge in [-0.3, -0.25) is 14.4 Å². The van der Waals surface area contributed by atoms with Crippen molar-refractivity contribution in [1.82, 2.24) is 5.32 Å². The zero-order chi connectivity index (χ0) is 35.0. The zero-order valence-electron chi connectivity index (χ0n) is 25.3. The number of halogens is 5. The minimum atomic E-state index is -4.74. The van der Waals surface area contributed by atoms with E-state index in [0.29, 0.717) is 27.3 Å². The lowest BCUT2D eigenvalue weighted by Crippen LogP contribution is -2.30. The van der Waals surface area contributed by atoms with E-state index in [9.17, 15) is 27.6 Å². The maximum Gasteiger partial charge on any atom is 0.418 e. The second-order valence-electron chi connectivity index (χ2n) is 10.5. The van der Waals surface area contributed by atoms with Gasteiger partial charge >= 0.3 is 6.18 Å². The van der Waals surface area contributed by atoms with Gasteiger partial charge in [0, 0.05) is 25.6 Å². The number of amides is 3. The molecule has 0 spiro atoms. The number of benzene rings is 5. The number of alkyl halides is 3. The highest BCUT2D eigenvalue weighted by Crippen LogP contribution is 2.40. The highest BCUT2D eigenvalue weighted by atomic mass is 79.9. The minimum Gasteiger partial charge on any atom is -0.324 e. The molecule has 1 atom stereocenters. The standard InChI is InChI=1S/C37H26BrClF3N3O3S/c38-26-13-11-23(12-14-26)21-32(45-34(46)25-9-5-2-6-10-25)35(47)43-28-16-18-29(19-17-28)49-33(24-7-3-1-4-8-24)36(48)44-31-20-15-27(39)22-30(31)37(40,41)42/h1-22,33H,(H,43,47)(H,44,48)(H,45,46)/b32-21-. The third-order valence-electron chi connectivity index (χ3n) is 6.96. The molecule has 0 saturated carbocycles. The van der Waals surface area contributed by atoms with E-state index < -0.39 is 40.4 Å². The van der Waals surface area contributed by atoms with E-state index in [1.165, 1.54) is 6.07 Å². The third-order valence-corrected chi connectivity index (χ3v) is 8.99. The molecule has 1 unspecified atom stereocenters. The largest absolute Gasteiger partial charge is 0.418 e. The molecule has 0 aliphatic heterocycles. The number of anilines is 2. The van der Waals surface area contributed by atoms with Crippen LogP contribution in [0.25, 0.3) is 6.08 Å². The fraction of sp³-hybridized carbons (Fsp3) is 0.0541. The smallest absolute Gasteiger partial charge is 0.324 e. The Morgan fingerprint density at radius 3 is 2.04 bits per heavy atom.